The maximum absolute atomic E-state index is 12.0. The van der Waals surface area contributed by atoms with Gasteiger partial charge in [0.1, 0.15) is 0 Å². The second-order valence-corrected chi connectivity index (χ2v) is 7.67. The van der Waals surface area contributed by atoms with Crippen molar-refractivity contribution in [2.45, 2.75) is 6.42 Å². The van der Waals surface area contributed by atoms with Gasteiger partial charge in [0.15, 0.2) is 9.84 Å². The molecule has 1 atom stereocenters. The number of anilines is 1. The highest BCUT2D eigenvalue weighted by atomic mass is 79.9. The van der Waals surface area contributed by atoms with Crippen LogP contribution in [0.1, 0.15) is 16.8 Å². The van der Waals surface area contributed by atoms with Crippen molar-refractivity contribution in [3.05, 3.63) is 28.2 Å². The topological polar surface area (TPSA) is 101 Å². The summed E-state index contributed by atoms with van der Waals surface area (Å²) in [4.78, 5) is 22.8. The molecule has 0 radical (unpaired) electrons. The van der Waals surface area contributed by atoms with Crippen molar-refractivity contribution >= 4 is 43.3 Å². The van der Waals surface area contributed by atoms with Gasteiger partial charge in [-0.3, -0.25) is 4.79 Å². The summed E-state index contributed by atoms with van der Waals surface area (Å²) in [7, 11) is -3.11. The second-order valence-electron chi connectivity index (χ2n) is 4.59. The largest absolute Gasteiger partial charge is 0.478 e. The zero-order valence-electron chi connectivity index (χ0n) is 10.3. The van der Waals surface area contributed by atoms with Crippen LogP contribution in [0.2, 0.25) is 0 Å². The molecule has 1 unspecified atom stereocenters. The Balaban J connectivity index is 2.11. The van der Waals surface area contributed by atoms with Gasteiger partial charge in [-0.2, -0.15) is 0 Å². The fourth-order valence-electron chi connectivity index (χ4n) is 1.99. The van der Waals surface area contributed by atoms with Gasteiger partial charge in [-0.1, -0.05) is 0 Å². The first-order valence-corrected chi connectivity index (χ1v) is 8.44. The minimum atomic E-state index is -3.11. The van der Waals surface area contributed by atoms with E-state index in [1.165, 1.54) is 18.2 Å². The van der Waals surface area contributed by atoms with Crippen molar-refractivity contribution in [3.8, 4) is 0 Å². The summed E-state index contributed by atoms with van der Waals surface area (Å²) >= 11 is 3.18. The molecule has 1 fully saturated rings. The number of hydrogen-bond donors (Lipinski definition) is 2. The number of sulfone groups is 1. The third kappa shape index (κ3) is 3.37. The van der Waals surface area contributed by atoms with Crippen molar-refractivity contribution in [2.75, 3.05) is 16.8 Å². The molecule has 1 aromatic carbocycles. The molecule has 0 spiro atoms. The lowest BCUT2D eigenvalue weighted by molar-refractivity contribution is -0.119. The van der Waals surface area contributed by atoms with Crippen LogP contribution >= 0.6 is 15.9 Å². The van der Waals surface area contributed by atoms with Gasteiger partial charge >= 0.3 is 5.97 Å². The van der Waals surface area contributed by atoms with Gasteiger partial charge in [0.2, 0.25) is 5.91 Å². The molecule has 1 saturated heterocycles. The quantitative estimate of drug-likeness (QED) is 0.849. The van der Waals surface area contributed by atoms with Gasteiger partial charge in [0.05, 0.1) is 28.7 Å². The predicted molar refractivity (Wildman–Crippen MR) is 76.5 cm³/mol. The number of amides is 1. The highest BCUT2D eigenvalue weighted by Gasteiger charge is 2.33. The van der Waals surface area contributed by atoms with Crippen LogP contribution in [0.25, 0.3) is 0 Å². The van der Waals surface area contributed by atoms with Crippen LogP contribution in [0, 0.1) is 5.92 Å². The van der Waals surface area contributed by atoms with Crippen LogP contribution in [0.5, 0.6) is 0 Å². The molecule has 2 N–H and O–H groups in total. The Labute approximate surface area is 124 Å². The van der Waals surface area contributed by atoms with Gasteiger partial charge in [-0.25, -0.2) is 13.2 Å². The van der Waals surface area contributed by atoms with Crippen molar-refractivity contribution < 1.29 is 23.1 Å². The molecule has 0 bridgehead atoms. The number of carbonyl (C=O) groups is 2. The van der Waals surface area contributed by atoms with E-state index < -0.39 is 21.7 Å². The van der Waals surface area contributed by atoms with Crippen molar-refractivity contribution in [1.29, 1.82) is 0 Å². The number of carbonyl (C=O) groups excluding carboxylic acids is 1. The number of hydrogen-bond acceptors (Lipinski definition) is 4. The van der Waals surface area contributed by atoms with E-state index >= 15 is 0 Å². The van der Waals surface area contributed by atoms with Gasteiger partial charge in [0.25, 0.3) is 0 Å². The van der Waals surface area contributed by atoms with E-state index in [2.05, 4.69) is 21.2 Å². The molecule has 20 heavy (non-hydrogen) atoms. The van der Waals surface area contributed by atoms with Crippen molar-refractivity contribution in [1.82, 2.24) is 0 Å². The molecule has 0 saturated carbocycles. The minimum absolute atomic E-state index is 0.0320. The van der Waals surface area contributed by atoms with Crippen LogP contribution < -0.4 is 5.32 Å². The minimum Gasteiger partial charge on any atom is -0.478 e. The summed E-state index contributed by atoms with van der Waals surface area (Å²) in [6, 6.07) is 4.21. The molecule has 0 aliphatic carbocycles. The lowest BCUT2D eigenvalue weighted by atomic mass is 10.1. The average Bonchev–Trinajstić information content (AvgIpc) is 2.72. The number of carboxylic acids is 1. The van der Waals surface area contributed by atoms with Crippen LogP contribution in [-0.4, -0.2) is 36.9 Å². The molecule has 0 aromatic heterocycles. The molecule has 1 aromatic rings. The fourth-order valence-corrected chi connectivity index (χ4v) is 4.21. The number of carboxylic acid groups (broad SMARTS) is 1. The number of nitrogens with one attached hydrogen (secondary N) is 1. The lowest BCUT2D eigenvalue weighted by Gasteiger charge is -2.11. The molecule has 2 rings (SSSR count). The van der Waals surface area contributed by atoms with Crippen molar-refractivity contribution in [3.63, 3.8) is 0 Å². The van der Waals surface area contributed by atoms with E-state index in [-0.39, 0.29) is 23.0 Å². The zero-order chi connectivity index (χ0) is 14.9. The monoisotopic (exact) mass is 361 g/mol. The van der Waals surface area contributed by atoms with Gasteiger partial charge < -0.3 is 10.4 Å². The van der Waals surface area contributed by atoms with E-state index in [1.807, 2.05) is 0 Å². The highest BCUT2D eigenvalue weighted by Crippen LogP contribution is 2.26. The molecular weight excluding hydrogens is 350 g/mol. The number of benzene rings is 1. The standard InChI is InChI=1S/C12H12BrNO5S/c13-9-5-7(12(16)17)1-2-10(9)14-11(15)8-3-4-20(18,19)6-8/h1-2,5,8H,3-4,6H2,(H,14,15)(H,16,17). The van der Waals surface area contributed by atoms with E-state index in [1.54, 1.807) is 0 Å². The SMILES string of the molecule is O=C(O)c1ccc(NC(=O)C2CCS(=O)(=O)C2)c(Br)c1. The van der Waals surface area contributed by atoms with E-state index in [0.717, 1.165) is 0 Å². The van der Waals surface area contributed by atoms with Crippen molar-refractivity contribution in [2.24, 2.45) is 5.92 Å². The fraction of sp³-hybridized carbons (Fsp3) is 0.333. The summed E-state index contributed by atoms with van der Waals surface area (Å²) < 4.78 is 23.1. The third-order valence-electron chi connectivity index (χ3n) is 3.08. The summed E-state index contributed by atoms with van der Waals surface area (Å²) in [5, 5.41) is 11.5. The predicted octanol–water partition coefficient (Wildman–Crippen LogP) is 1.52. The smallest absolute Gasteiger partial charge is 0.335 e. The first-order valence-electron chi connectivity index (χ1n) is 5.82. The Hall–Kier alpha value is -1.41. The first kappa shape index (κ1) is 15.0. The first-order chi connectivity index (χ1) is 9.28. The Morgan fingerprint density at radius 1 is 1.35 bits per heavy atom. The lowest BCUT2D eigenvalue weighted by Crippen LogP contribution is -2.23. The van der Waals surface area contributed by atoms with Gasteiger partial charge in [0, 0.05) is 4.47 Å². The summed E-state index contributed by atoms with van der Waals surface area (Å²) in [6.07, 6.45) is 0.318. The zero-order valence-corrected chi connectivity index (χ0v) is 12.7. The molecular formula is C12H12BrNO5S. The van der Waals surface area contributed by atoms with E-state index in [0.29, 0.717) is 16.6 Å². The number of rotatable bonds is 3. The molecule has 1 heterocycles. The summed E-state index contributed by atoms with van der Waals surface area (Å²) in [6.45, 7) is 0. The molecule has 108 valence electrons. The molecule has 1 amide bonds. The second kappa shape index (κ2) is 5.53. The Kier molecular flexibility index (Phi) is 4.14. The van der Waals surface area contributed by atoms with Crippen LogP contribution in [-0.2, 0) is 14.6 Å². The number of aromatic carboxylic acids is 1. The molecule has 8 heteroatoms. The molecule has 1 aliphatic heterocycles. The molecule has 1 aliphatic rings. The van der Waals surface area contributed by atoms with Gasteiger partial charge in [-0.05, 0) is 40.5 Å². The Morgan fingerprint density at radius 2 is 2.05 bits per heavy atom. The normalized spacial score (nSPS) is 20.6. The van der Waals surface area contributed by atoms with E-state index in [9.17, 15) is 18.0 Å². The van der Waals surface area contributed by atoms with Crippen LogP contribution in [0.4, 0.5) is 5.69 Å². The maximum Gasteiger partial charge on any atom is 0.335 e. The van der Waals surface area contributed by atoms with Crippen LogP contribution in [0.3, 0.4) is 0 Å². The van der Waals surface area contributed by atoms with Gasteiger partial charge in [-0.15, -0.1) is 0 Å². The average molecular weight is 362 g/mol. The Morgan fingerprint density at radius 3 is 2.55 bits per heavy atom. The Bertz CT molecular complexity index is 670. The summed E-state index contributed by atoms with van der Waals surface area (Å²) in [5.41, 5.74) is 0.516. The maximum atomic E-state index is 12.0. The van der Waals surface area contributed by atoms with E-state index in [4.69, 9.17) is 5.11 Å². The third-order valence-corrected chi connectivity index (χ3v) is 5.50. The number of halogens is 1. The summed E-state index contributed by atoms with van der Waals surface area (Å²) in [5.74, 6) is -2.08. The van der Waals surface area contributed by atoms with Crippen LogP contribution in [0.15, 0.2) is 22.7 Å². The molecule has 6 nitrogen and oxygen atoms in total. The highest BCUT2D eigenvalue weighted by molar-refractivity contribution is 9.10.